The van der Waals surface area contributed by atoms with Crippen molar-refractivity contribution >= 4 is 5.91 Å². The molecular formula is C17H24N2O2. The van der Waals surface area contributed by atoms with Gasteiger partial charge in [-0.05, 0) is 51.6 Å². The van der Waals surface area contributed by atoms with Crippen molar-refractivity contribution in [2.75, 3.05) is 26.7 Å². The van der Waals surface area contributed by atoms with Crippen LogP contribution in [0.15, 0.2) is 18.2 Å². The summed E-state index contributed by atoms with van der Waals surface area (Å²) in [5.41, 5.74) is 2.40. The van der Waals surface area contributed by atoms with Gasteiger partial charge in [0.15, 0.2) is 0 Å². The van der Waals surface area contributed by atoms with Crippen LogP contribution in [0, 0.1) is 18.8 Å². The summed E-state index contributed by atoms with van der Waals surface area (Å²) in [7, 11) is 2.04. The summed E-state index contributed by atoms with van der Waals surface area (Å²) in [5, 5.41) is 11.6. The topological polar surface area (TPSA) is 52.6 Å². The third-order valence-corrected chi connectivity index (χ3v) is 3.42. The molecule has 2 N–H and O–H groups in total. The van der Waals surface area contributed by atoms with E-state index in [9.17, 15) is 4.79 Å². The van der Waals surface area contributed by atoms with Gasteiger partial charge in [-0.2, -0.15) is 0 Å². The predicted octanol–water partition coefficient (Wildman–Crippen LogP) is 1.41. The lowest BCUT2D eigenvalue weighted by atomic mass is 10.0. The average molecular weight is 288 g/mol. The Morgan fingerprint density at radius 2 is 2.14 bits per heavy atom. The second kappa shape index (κ2) is 8.46. The van der Waals surface area contributed by atoms with Crippen molar-refractivity contribution < 1.29 is 9.90 Å². The van der Waals surface area contributed by atoms with Gasteiger partial charge in [0.1, 0.15) is 6.61 Å². The molecule has 0 fully saturated rings. The molecule has 0 spiro atoms. The highest BCUT2D eigenvalue weighted by molar-refractivity contribution is 5.94. The van der Waals surface area contributed by atoms with Gasteiger partial charge in [-0.1, -0.05) is 11.8 Å². The van der Waals surface area contributed by atoms with Crippen LogP contribution in [0.1, 0.15) is 35.3 Å². The summed E-state index contributed by atoms with van der Waals surface area (Å²) >= 11 is 0. The molecule has 114 valence electrons. The fourth-order valence-corrected chi connectivity index (χ4v) is 1.79. The van der Waals surface area contributed by atoms with Gasteiger partial charge in [0.25, 0.3) is 5.91 Å². The van der Waals surface area contributed by atoms with Crippen LogP contribution in [0.2, 0.25) is 0 Å². The first kappa shape index (κ1) is 17.2. The number of hydrogen-bond donors (Lipinski definition) is 2. The molecule has 0 heterocycles. The number of rotatable bonds is 5. The first-order valence-corrected chi connectivity index (χ1v) is 7.14. The minimum atomic E-state index is -0.162. The Morgan fingerprint density at radius 3 is 2.71 bits per heavy atom. The normalized spacial score (nSPS) is 10.4. The number of carbonyl (C=O) groups excluding carboxylic acids is 1. The first-order chi connectivity index (χ1) is 9.95. The summed E-state index contributed by atoms with van der Waals surface area (Å²) in [6, 6.07) is 5.86. The number of hydrogen-bond acceptors (Lipinski definition) is 3. The number of aryl methyl sites for hydroxylation is 1. The van der Waals surface area contributed by atoms with Crippen molar-refractivity contribution in [1.29, 1.82) is 0 Å². The number of amides is 1. The second-order valence-corrected chi connectivity index (χ2v) is 5.32. The summed E-state index contributed by atoms with van der Waals surface area (Å²) in [4.78, 5) is 14.2. The number of nitrogens with zero attached hydrogens (tertiary/aromatic N) is 1. The lowest BCUT2D eigenvalue weighted by Crippen LogP contribution is -2.36. The maximum atomic E-state index is 12.1. The monoisotopic (exact) mass is 288 g/mol. The molecule has 0 saturated carbocycles. The summed E-state index contributed by atoms with van der Waals surface area (Å²) in [6.45, 7) is 7.44. The van der Waals surface area contributed by atoms with E-state index in [4.69, 9.17) is 5.11 Å². The van der Waals surface area contributed by atoms with E-state index in [-0.39, 0.29) is 12.5 Å². The van der Waals surface area contributed by atoms with Gasteiger partial charge >= 0.3 is 0 Å². The molecule has 0 aliphatic rings. The van der Waals surface area contributed by atoms with Gasteiger partial charge in [-0.15, -0.1) is 0 Å². The van der Waals surface area contributed by atoms with Crippen molar-refractivity contribution in [3.05, 3.63) is 34.9 Å². The van der Waals surface area contributed by atoms with Gasteiger partial charge in [0, 0.05) is 30.3 Å². The van der Waals surface area contributed by atoms with Gasteiger partial charge < -0.3 is 15.3 Å². The van der Waals surface area contributed by atoms with E-state index in [1.54, 1.807) is 6.07 Å². The highest BCUT2D eigenvalue weighted by Gasteiger charge is 2.08. The first-order valence-electron chi connectivity index (χ1n) is 7.14. The molecule has 0 saturated heterocycles. The molecule has 21 heavy (non-hydrogen) atoms. The Bertz CT molecular complexity index is 541. The van der Waals surface area contributed by atoms with E-state index in [0.29, 0.717) is 18.2 Å². The van der Waals surface area contributed by atoms with Crippen molar-refractivity contribution in [2.45, 2.75) is 26.8 Å². The van der Waals surface area contributed by atoms with Crippen molar-refractivity contribution in [3.63, 3.8) is 0 Å². The molecule has 0 unspecified atom stereocenters. The van der Waals surface area contributed by atoms with Crippen LogP contribution in [0.25, 0.3) is 0 Å². The highest BCUT2D eigenvalue weighted by atomic mass is 16.2. The SMILES string of the molecule is Cc1cc(C(=O)NCCN(C)C(C)C)ccc1C#CCO. The van der Waals surface area contributed by atoms with E-state index in [0.717, 1.165) is 17.7 Å². The number of aliphatic hydroxyl groups is 1. The number of benzene rings is 1. The molecule has 0 atom stereocenters. The second-order valence-electron chi connectivity index (χ2n) is 5.32. The summed E-state index contributed by atoms with van der Waals surface area (Å²) in [6.07, 6.45) is 0. The Morgan fingerprint density at radius 1 is 1.43 bits per heavy atom. The third kappa shape index (κ3) is 5.58. The molecular weight excluding hydrogens is 264 g/mol. The molecule has 1 aromatic rings. The van der Waals surface area contributed by atoms with Crippen LogP contribution in [-0.2, 0) is 0 Å². The molecule has 0 aromatic heterocycles. The lowest BCUT2D eigenvalue weighted by molar-refractivity contribution is 0.0948. The number of nitrogens with one attached hydrogen (secondary N) is 1. The summed E-state index contributed by atoms with van der Waals surface area (Å²) in [5.74, 6) is 5.40. The molecule has 4 heteroatoms. The molecule has 1 rings (SSSR count). The van der Waals surface area contributed by atoms with E-state index in [1.807, 2.05) is 26.1 Å². The minimum absolute atomic E-state index is 0.0723. The van der Waals surface area contributed by atoms with Gasteiger partial charge in [0.2, 0.25) is 0 Å². The quantitative estimate of drug-likeness (QED) is 0.806. The lowest BCUT2D eigenvalue weighted by Gasteiger charge is -2.20. The Hall–Kier alpha value is -1.83. The Kier molecular flexibility index (Phi) is 6.93. The van der Waals surface area contributed by atoms with Crippen LogP contribution in [0.5, 0.6) is 0 Å². The molecule has 1 amide bonds. The van der Waals surface area contributed by atoms with Crippen molar-refractivity contribution in [1.82, 2.24) is 10.2 Å². The molecule has 0 radical (unpaired) electrons. The molecule has 4 nitrogen and oxygen atoms in total. The average Bonchev–Trinajstić information content (AvgIpc) is 2.45. The smallest absolute Gasteiger partial charge is 0.251 e. The minimum Gasteiger partial charge on any atom is -0.384 e. The van der Waals surface area contributed by atoms with Crippen LogP contribution in [0.3, 0.4) is 0 Å². The van der Waals surface area contributed by atoms with Crippen LogP contribution >= 0.6 is 0 Å². The third-order valence-electron chi connectivity index (χ3n) is 3.42. The maximum absolute atomic E-state index is 12.1. The van der Waals surface area contributed by atoms with Gasteiger partial charge in [0.05, 0.1) is 0 Å². The van der Waals surface area contributed by atoms with Crippen LogP contribution < -0.4 is 5.32 Å². The van der Waals surface area contributed by atoms with E-state index in [2.05, 4.69) is 35.9 Å². The van der Waals surface area contributed by atoms with E-state index < -0.39 is 0 Å². The Balaban J connectivity index is 2.61. The predicted molar refractivity (Wildman–Crippen MR) is 85.2 cm³/mol. The zero-order valence-corrected chi connectivity index (χ0v) is 13.2. The number of aliphatic hydroxyl groups excluding tert-OH is 1. The molecule has 0 aliphatic heterocycles. The number of likely N-dealkylation sites (N-methyl/N-ethyl adjacent to an activating group) is 1. The molecule has 0 bridgehead atoms. The van der Waals surface area contributed by atoms with E-state index in [1.165, 1.54) is 0 Å². The van der Waals surface area contributed by atoms with Gasteiger partial charge in [-0.3, -0.25) is 4.79 Å². The Labute approximate surface area is 127 Å². The van der Waals surface area contributed by atoms with Crippen LogP contribution in [-0.4, -0.2) is 48.7 Å². The fourth-order valence-electron chi connectivity index (χ4n) is 1.79. The fraction of sp³-hybridized carbons (Fsp3) is 0.471. The molecule has 0 aliphatic carbocycles. The van der Waals surface area contributed by atoms with E-state index >= 15 is 0 Å². The highest BCUT2D eigenvalue weighted by Crippen LogP contribution is 2.10. The number of carbonyl (C=O) groups is 1. The van der Waals surface area contributed by atoms with Crippen molar-refractivity contribution in [2.24, 2.45) is 0 Å². The molecule has 1 aromatic carbocycles. The summed E-state index contributed by atoms with van der Waals surface area (Å²) < 4.78 is 0. The maximum Gasteiger partial charge on any atom is 0.251 e. The zero-order chi connectivity index (χ0) is 15.8. The largest absolute Gasteiger partial charge is 0.384 e. The standard InChI is InChI=1S/C17H24N2O2/c1-13(2)19(4)10-9-18-17(21)16-8-7-15(6-5-11-20)14(3)12-16/h7-8,12-13,20H,9-11H2,1-4H3,(H,18,21). The van der Waals surface area contributed by atoms with Crippen LogP contribution in [0.4, 0.5) is 0 Å². The zero-order valence-electron chi connectivity index (χ0n) is 13.2. The van der Waals surface area contributed by atoms with Gasteiger partial charge in [-0.25, -0.2) is 0 Å². The van der Waals surface area contributed by atoms with Crippen molar-refractivity contribution in [3.8, 4) is 11.8 Å².